The molecular weight excluding hydrogens is 410 g/mol. The number of rotatable bonds is 6. The van der Waals surface area contributed by atoms with Gasteiger partial charge in [-0.1, -0.05) is 12.1 Å². The topological polar surface area (TPSA) is 68.2 Å². The molecule has 0 aromatic heterocycles. The Kier molecular flexibility index (Phi) is 7.86. The maximum atomic E-state index is 12.2. The predicted molar refractivity (Wildman–Crippen MR) is 130 cm³/mol. The van der Waals surface area contributed by atoms with E-state index >= 15 is 0 Å². The summed E-state index contributed by atoms with van der Waals surface area (Å²) in [5, 5.41) is 3.43. The highest BCUT2D eigenvalue weighted by Gasteiger charge is 2.40. The maximum Gasteiger partial charge on any atom is 0.193 e. The minimum atomic E-state index is -3.03. The molecule has 1 N–H and O–H groups in total. The molecule has 0 saturated carbocycles. The number of nitrogens with one attached hydrogen (secondary N) is 1. The summed E-state index contributed by atoms with van der Waals surface area (Å²) in [6.45, 7) is 13.1. The van der Waals surface area contributed by atoms with Crippen molar-refractivity contribution < 1.29 is 8.42 Å². The first kappa shape index (κ1) is 23.9. The van der Waals surface area contributed by atoms with E-state index in [-0.39, 0.29) is 5.75 Å². The number of sulfone groups is 1. The number of aliphatic imine (C=N–C) groups is 1. The highest BCUT2D eigenvalue weighted by Crippen LogP contribution is 2.23. The Labute approximate surface area is 188 Å². The lowest BCUT2D eigenvalue weighted by atomic mass is 10.2. The highest BCUT2D eigenvalue weighted by molar-refractivity contribution is 7.92. The van der Waals surface area contributed by atoms with Gasteiger partial charge in [0.1, 0.15) is 0 Å². The van der Waals surface area contributed by atoms with Gasteiger partial charge in [0.05, 0.1) is 10.5 Å². The van der Waals surface area contributed by atoms with Crippen LogP contribution in [0.3, 0.4) is 0 Å². The SMILES string of the molecule is CN=C(NCCCCN1CCN(c2cccc(C)c2)CC1)N1CCS(=O)(=O)C(C)(C)C1. The summed E-state index contributed by atoms with van der Waals surface area (Å²) in [5.74, 6) is 1.00. The molecule has 0 amide bonds. The van der Waals surface area contributed by atoms with Crippen LogP contribution in [0.25, 0.3) is 0 Å². The first-order chi connectivity index (χ1) is 14.7. The monoisotopic (exact) mass is 449 g/mol. The molecule has 2 aliphatic heterocycles. The molecule has 174 valence electrons. The third-order valence-corrected chi connectivity index (χ3v) is 9.01. The van der Waals surface area contributed by atoms with Crippen LogP contribution in [0.1, 0.15) is 32.3 Å². The van der Waals surface area contributed by atoms with Crippen LogP contribution in [0.5, 0.6) is 0 Å². The second kappa shape index (κ2) is 10.2. The second-order valence-corrected chi connectivity index (χ2v) is 12.1. The van der Waals surface area contributed by atoms with Crippen molar-refractivity contribution in [2.45, 2.75) is 38.4 Å². The Balaban J connectivity index is 1.34. The molecule has 2 aliphatic rings. The zero-order valence-corrected chi connectivity index (χ0v) is 20.4. The molecular formula is C23H39N5O2S. The number of hydrogen-bond donors (Lipinski definition) is 1. The Morgan fingerprint density at radius 3 is 2.52 bits per heavy atom. The normalized spacial score (nSPS) is 21.9. The van der Waals surface area contributed by atoms with Gasteiger partial charge >= 0.3 is 0 Å². The van der Waals surface area contributed by atoms with Gasteiger partial charge < -0.3 is 15.1 Å². The molecule has 8 heteroatoms. The standard InChI is InChI=1S/C23H39N5O2S/c1-20-8-7-9-21(18-20)27-14-12-26(13-15-27)11-6-5-10-25-22(24-4)28-16-17-31(29,30)23(2,3)19-28/h7-9,18H,5-6,10-17,19H2,1-4H3,(H,24,25). The fraction of sp³-hybridized carbons (Fsp3) is 0.696. The molecule has 31 heavy (non-hydrogen) atoms. The fourth-order valence-electron chi connectivity index (χ4n) is 4.37. The van der Waals surface area contributed by atoms with Gasteiger partial charge in [0.15, 0.2) is 15.8 Å². The van der Waals surface area contributed by atoms with Gasteiger partial charge in [-0.15, -0.1) is 0 Å². The number of nitrogens with zero attached hydrogens (tertiary/aromatic N) is 4. The van der Waals surface area contributed by atoms with Crippen molar-refractivity contribution >= 4 is 21.5 Å². The lowest BCUT2D eigenvalue weighted by molar-refractivity contribution is 0.253. The van der Waals surface area contributed by atoms with Gasteiger partial charge in [-0.05, 0) is 57.9 Å². The van der Waals surface area contributed by atoms with E-state index in [4.69, 9.17) is 0 Å². The van der Waals surface area contributed by atoms with Crippen LogP contribution in [-0.4, -0.2) is 94.1 Å². The zero-order valence-electron chi connectivity index (χ0n) is 19.6. The molecule has 3 rings (SSSR count). The minimum absolute atomic E-state index is 0.190. The van der Waals surface area contributed by atoms with Crippen molar-refractivity contribution in [1.29, 1.82) is 0 Å². The molecule has 0 spiro atoms. The van der Waals surface area contributed by atoms with Crippen LogP contribution >= 0.6 is 0 Å². The van der Waals surface area contributed by atoms with Gasteiger partial charge in [-0.2, -0.15) is 0 Å². The lowest BCUT2D eigenvalue weighted by Crippen LogP contribution is -2.57. The van der Waals surface area contributed by atoms with E-state index in [9.17, 15) is 8.42 Å². The molecule has 1 aromatic carbocycles. The summed E-state index contributed by atoms with van der Waals surface area (Å²) in [7, 11) is -1.26. The van der Waals surface area contributed by atoms with Gasteiger partial charge in [0, 0.05) is 58.5 Å². The summed E-state index contributed by atoms with van der Waals surface area (Å²) < 4.78 is 23.7. The summed E-state index contributed by atoms with van der Waals surface area (Å²) in [4.78, 5) is 11.5. The van der Waals surface area contributed by atoms with Crippen LogP contribution in [-0.2, 0) is 9.84 Å². The van der Waals surface area contributed by atoms with Gasteiger partial charge in [0.25, 0.3) is 0 Å². The Bertz CT molecular complexity index is 860. The number of unbranched alkanes of at least 4 members (excludes halogenated alkanes) is 1. The van der Waals surface area contributed by atoms with E-state index in [1.165, 1.54) is 11.3 Å². The summed E-state index contributed by atoms with van der Waals surface area (Å²) >= 11 is 0. The molecule has 2 saturated heterocycles. The van der Waals surface area contributed by atoms with Crippen molar-refractivity contribution in [2.75, 3.05) is 70.1 Å². The maximum absolute atomic E-state index is 12.2. The van der Waals surface area contributed by atoms with Crippen LogP contribution < -0.4 is 10.2 Å². The highest BCUT2D eigenvalue weighted by atomic mass is 32.2. The van der Waals surface area contributed by atoms with Crippen molar-refractivity contribution in [3.05, 3.63) is 29.8 Å². The number of benzene rings is 1. The number of anilines is 1. The number of hydrogen-bond acceptors (Lipinski definition) is 5. The summed E-state index contributed by atoms with van der Waals surface area (Å²) in [6, 6.07) is 8.77. The molecule has 0 bridgehead atoms. The van der Waals surface area contributed by atoms with Crippen molar-refractivity contribution in [3.8, 4) is 0 Å². The average Bonchev–Trinajstić information content (AvgIpc) is 2.73. The van der Waals surface area contributed by atoms with Crippen LogP contribution in [0.2, 0.25) is 0 Å². The van der Waals surface area contributed by atoms with Crippen molar-refractivity contribution in [3.63, 3.8) is 0 Å². The van der Waals surface area contributed by atoms with Gasteiger partial charge in [-0.25, -0.2) is 8.42 Å². The van der Waals surface area contributed by atoms with E-state index < -0.39 is 14.6 Å². The van der Waals surface area contributed by atoms with Crippen molar-refractivity contribution in [1.82, 2.24) is 15.1 Å². The van der Waals surface area contributed by atoms with Crippen LogP contribution in [0.15, 0.2) is 29.3 Å². The molecule has 2 heterocycles. The van der Waals surface area contributed by atoms with E-state index in [2.05, 4.69) is 56.2 Å². The first-order valence-electron chi connectivity index (χ1n) is 11.4. The van der Waals surface area contributed by atoms with E-state index in [1.807, 2.05) is 0 Å². The van der Waals surface area contributed by atoms with Gasteiger partial charge in [0.2, 0.25) is 0 Å². The largest absolute Gasteiger partial charge is 0.369 e. The third kappa shape index (κ3) is 6.13. The summed E-state index contributed by atoms with van der Waals surface area (Å²) in [6.07, 6.45) is 2.22. The minimum Gasteiger partial charge on any atom is -0.369 e. The fourth-order valence-corrected chi connectivity index (χ4v) is 5.74. The van der Waals surface area contributed by atoms with Gasteiger partial charge in [-0.3, -0.25) is 9.89 Å². The number of aryl methyl sites for hydroxylation is 1. The Hall–Kier alpha value is -1.80. The third-order valence-electron chi connectivity index (χ3n) is 6.48. The van der Waals surface area contributed by atoms with E-state index in [1.54, 1.807) is 20.9 Å². The first-order valence-corrected chi connectivity index (χ1v) is 13.1. The quantitative estimate of drug-likeness (QED) is 0.407. The number of guanidine groups is 1. The Morgan fingerprint density at radius 1 is 1.13 bits per heavy atom. The lowest BCUT2D eigenvalue weighted by Gasteiger charge is -2.39. The van der Waals surface area contributed by atoms with Crippen LogP contribution in [0, 0.1) is 6.92 Å². The summed E-state index contributed by atoms with van der Waals surface area (Å²) in [5.41, 5.74) is 2.65. The molecule has 0 unspecified atom stereocenters. The predicted octanol–water partition coefficient (Wildman–Crippen LogP) is 1.98. The molecule has 1 aromatic rings. The average molecular weight is 450 g/mol. The van der Waals surface area contributed by atoms with E-state index in [0.717, 1.165) is 58.1 Å². The smallest absolute Gasteiger partial charge is 0.193 e. The number of piperazine rings is 1. The zero-order chi connectivity index (χ0) is 22.5. The van der Waals surface area contributed by atoms with Crippen molar-refractivity contribution in [2.24, 2.45) is 4.99 Å². The molecule has 0 radical (unpaired) electrons. The van der Waals surface area contributed by atoms with E-state index in [0.29, 0.717) is 13.1 Å². The molecule has 2 fully saturated rings. The molecule has 7 nitrogen and oxygen atoms in total. The second-order valence-electron chi connectivity index (χ2n) is 9.35. The van der Waals surface area contributed by atoms with Crippen LogP contribution in [0.4, 0.5) is 5.69 Å². The molecule has 0 aliphatic carbocycles. The Morgan fingerprint density at radius 2 is 1.87 bits per heavy atom. The molecule has 0 atom stereocenters.